The fraction of sp³-hybridized carbons (Fsp3) is 0.500. The van der Waals surface area contributed by atoms with Gasteiger partial charge in [0.25, 0.3) is 11.6 Å². The van der Waals surface area contributed by atoms with Crippen LogP contribution in [0.1, 0.15) is 42.5 Å². The van der Waals surface area contributed by atoms with Crippen LogP contribution in [0.5, 0.6) is 0 Å². The maximum Gasteiger partial charge on any atom is 0.328 e. The Morgan fingerprint density at radius 1 is 1.32 bits per heavy atom. The van der Waals surface area contributed by atoms with Gasteiger partial charge in [0.2, 0.25) is 0 Å². The van der Waals surface area contributed by atoms with Gasteiger partial charge in [-0.1, -0.05) is 18.0 Å². The molecule has 1 N–H and O–H groups in total. The number of carbonyl (C=O) groups excluding carboxylic acids is 1. The number of carboxylic acids is 1. The van der Waals surface area contributed by atoms with E-state index in [1.165, 1.54) is 17.0 Å². The molecule has 1 heterocycles. The molecule has 1 aliphatic heterocycles. The van der Waals surface area contributed by atoms with E-state index < -0.39 is 34.3 Å². The lowest BCUT2D eigenvalue weighted by Crippen LogP contribution is -2.54. The number of benzene rings is 1. The van der Waals surface area contributed by atoms with Crippen LogP contribution in [0.3, 0.4) is 0 Å². The molecule has 134 valence electrons. The lowest BCUT2D eigenvalue weighted by atomic mass is 9.89. The third-order valence-electron chi connectivity index (χ3n) is 4.79. The molecule has 9 heteroatoms. The fourth-order valence-corrected chi connectivity index (χ4v) is 3.77. The number of carboxylic acid groups (broad SMARTS) is 1. The van der Waals surface area contributed by atoms with Gasteiger partial charge in [-0.2, -0.15) is 0 Å². The smallest absolute Gasteiger partial charge is 0.328 e. The number of aliphatic carboxylic acids is 1. The second-order valence-electron chi connectivity index (χ2n) is 6.27. The minimum Gasteiger partial charge on any atom is -0.480 e. The van der Waals surface area contributed by atoms with E-state index in [-0.39, 0.29) is 17.2 Å². The summed E-state index contributed by atoms with van der Waals surface area (Å²) in [5, 5.41) is 20.5. The number of hydrogen-bond donors (Lipinski definition) is 1. The van der Waals surface area contributed by atoms with Crippen LogP contribution in [-0.2, 0) is 9.53 Å². The molecule has 1 aromatic rings. The number of halogens is 1. The van der Waals surface area contributed by atoms with Gasteiger partial charge in [-0.15, -0.1) is 0 Å². The number of carbonyl (C=O) groups is 2. The summed E-state index contributed by atoms with van der Waals surface area (Å²) in [7, 11) is 0. The van der Waals surface area contributed by atoms with Gasteiger partial charge in [-0.25, -0.2) is 4.79 Å². The Morgan fingerprint density at radius 2 is 2.00 bits per heavy atom. The van der Waals surface area contributed by atoms with E-state index in [2.05, 4.69) is 0 Å². The first-order valence-electron chi connectivity index (χ1n) is 8.00. The first-order chi connectivity index (χ1) is 11.9. The number of nitro groups is 1. The van der Waals surface area contributed by atoms with Crippen LogP contribution >= 0.6 is 11.6 Å². The molecule has 1 aromatic carbocycles. The Kier molecular flexibility index (Phi) is 4.66. The molecule has 3 rings (SSSR count). The summed E-state index contributed by atoms with van der Waals surface area (Å²) in [4.78, 5) is 36.3. The van der Waals surface area contributed by atoms with E-state index in [0.29, 0.717) is 12.8 Å². The lowest BCUT2D eigenvalue weighted by Gasteiger charge is -2.41. The van der Waals surface area contributed by atoms with Crippen LogP contribution in [0.25, 0.3) is 0 Å². The number of rotatable bonds is 3. The Bertz CT molecular complexity index is 731. The highest BCUT2D eigenvalue weighted by Gasteiger charge is 2.53. The summed E-state index contributed by atoms with van der Waals surface area (Å²) in [6.07, 6.45) is 3.77. The van der Waals surface area contributed by atoms with Crippen molar-refractivity contribution in [2.24, 2.45) is 0 Å². The molecule has 2 aliphatic rings. The van der Waals surface area contributed by atoms with Crippen LogP contribution in [0.15, 0.2) is 18.2 Å². The van der Waals surface area contributed by atoms with Crippen molar-refractivity contribution >= 4 is 29.2 Å². The molecule has 1 atom stereocenters. The van der Waals surface area contributed by atoms with Gasteiger partial charge in [0.1, 0.15) is 10.7 Å². The molecule has 0 radical (unpaired) electrons. The Hall–Kier alpha value is -2.19. The highest BCUT2D eigenvalue weighted by molar-refractivity contribution is 6.32. The average molecular weight is 369 g/mol. The van der Waals surface area contributed by atoms with E-state index >= 15 is 0 Å². The number of hydrogen-bond acceptors (Lipinski definition) is 5. The lowest BCUT2D eigenvalue weighted by molar-refractivity contribution is -0.384. The first kappa shape index (κ1) is 17.6. The zero-order valence-corrected chi connectivity index (χ0v) is 14.1. The molecule has 0 bridgehead atoms. The van der Waals surface area contributed by atoms with Gasteiger partial charge >= 0.3 is 5.97 Å². The van der Waals surface area contributed by atoms with Crippen LogP contribution in [0.2, 0.25) is 5.02 Å². The predicted molar refractivity (Wildman–Crippen MR) is 87.5 cm³/mol. The second-order valence-corrected chi connectivity index (χ2v) is 6.68. The van der Waals surface area contributed by atoms with Crippen LogP contribution in [-0.4, -0.2) is 45.2 Å². The van der Waals surface area contributed by atoms with Gasteiger partial charge in [0.15, 0.2) is 6.04 Å². The molecule has 1 aliphatic carbocycles. The van der Waals surface area contributed by atoms with Crippen molar-refractivity contribution in [2.75, 3.05) is 6.61 Å². The van der Waals surface area contributed by atoms with Crippen molar-refractivity contribution in [2.45, 2.75) is 43.9 Å². The van der Waals surface area contributed by atoms with Crippen molar-refractivity contribution in [3.05, 3.63) is 38.9 Å². The van der Waals surface area contributed by atoms with Crippen molar-refractivity contribution in [3.8, 4) is 0 Å². The van der Waals surface area contributed by atoms with Gasteiger partial charge < -0.3 is 9.84 Å². The molecule has 0 unspecified atom stereocenters. The van der Waals surface area contributed by atoms with Crippen molar-refractivity contribution in [1.82, 2.24) is 4.90 Å². The first-order valence-corrected chi connectivity index (χ1v) is 8.38. The molecule has 1 saturated heterocycles. The van der Waals surface area contributed by atoms with Crippen molar-refractivity contribution in [1.29, 1.82) is 0 Å². The molecule has 1 spiro atoms. The van der Waals surface area contributed by atoms with Gasteiger partial charge in [0, 0.05) is 11.6 Å². The standard InChI is InChI=1S/C16H17ClN2O6/c17-11-5-4-10(8-12(11)19(23)24)14(20)18-13(15(21)22)9-25-16(18)6-2-1-3-7-16/h4-5,8,13H,1-3,6-7,9H2,(H,21,22)/t13-/m0/s1. The number of amides is 1. The summed E-state index contributed by atoms with van der Waals surface area (Å²) < 4.78 is 5.78. The van der Waals surface area contributed by atoms with Crippen LogP contribution in [0.4, 0.5) is 5.69 Å². The molecule has 2 fully saturated rings. The average Bonchev–Trinajstić information content (AvgIpc) is 2.94. The maximum atomic E-state index is 13.0. The fourth-order valence-electron chi connectivity index (χ4n) is 3.58. The molecule has 8 nitrogen and oxygen atoms in total. The van der Waals surface area contributed by atoms with E-state index in [1.54, 1.807) is 0 Å². The number of ether oxygens (including phenoxy) is 1. The SMILES string of the molecule is O=C(O)[C@@H]1COC2(CCCCC2)N1C(=O)c1ccc(Cl)c([N+](=O)[O-])c1. The molecule has 0 aromatic heterocycles. The van der Waals surface area contributed by atoms with E-state index in [4.69, 9.17) is 16.3 Å². The Morgan fingerprint density at radius 3 is 2.60 bits per heavy atom. The summed E-state index contributed by atoms with van der Waals surface area (Å²) in [6.45, 7) is -0.0866. The molecular formula is C16H17ClN2O6. The zero-order valence-electron chi connectivity index (χ0n) is 13.3. The van der Waals surface area contributed by atoms with E-state index in [1.807, 2.05) is 0 Å². The summed E-state index contributed by atoms with van der Waals surface area (Å²) in [5.41, 5.74) is -1.32. The highest BCUT2D eigenvalue weighted by Crippen LogP contribution is 2.41. The zero-order chi connectivity index (χ0) is 18.2. The second kappa shape index (κ2) is 6.61. The van der Waals surface area contributed by atoms with E-state index in [9.17, 15) is 24.8 Å². The minimum absolute atomic E-state index is 0.0257. The van der Waals surface area contributed by atoms with Crippen LogP contribution in [0, 0.1) is 10.1 Å². The molecule has 25 heavy (non-hydrogen) atoms. The monoisotopic (exact) mass is 368 g/mol. The minimum atomic E-state index is -1.15. The maximum absolute atomic E-state index is 13.0. The summed E-state index contributed by atoms with van der Waals surface area (Å²) in [6, 6.07) is 2.61. The van der Waals surface area contributed by atoms with Crippen molar-refractivity contribution < 1.29 is 24.4 Å². The van der Waals surface area contributed by atoms with E-state index in [0.717, 1.165) is 25.3 Å². The third-order valence-corrected chi connectivity index (χ3v) is 5.11. The Balaban J connectivity index is 2.01. The topological polar surface area (TPSA) is 110 Å². The van der Waals surface area contributed by atoms with Gasteiger partial charge in [-0.05, 0) is 37.8 Å². The van der Waals surface area contributed by atoms with Gasteiger partial charge in [-0.3, -0.25) is 19.8 Å². The largest absolute Gasteiger partial charge is 0.480 e. The van der Waals surface area contributed by atoms with Crippen molar-refractivity contribution in [3.63, 3.8) is 0 Å². The number of nitrogens with zero attached hydrogens (tertiary/aromatic N) is 2. The third kappa shape index (κ3) is 3.07. The summed E-state index contributed by atoms with van der Waals surface area (Å²) >= 11 is 5.79. The molecule has 1 amide bonds. The molecule has 1 saturated carbocycles. The number of nitro benzene ring substituents is 1. The quantitative estimate of drug-likeness (QED) is 0.648. The predicted octanol–water partition coefficient (Wildman–Crippen LogP) is 2.83. The normalized spacial score (nSPS) is 22.1. The Labute approximate surface area is 148 Å². The van der Waals surface area contributed by atoms with Crippen LogP contribution < -0.4 is 0 Å². The summed E-state index contributed by atoms with van der Waals surface area (Å²) in [5.74, 6) is -1.74. The van der Waals surface area contributed by atoms with Gasteiger partial charge in [0.05, 0.1) is 11.5 Å². The molecular weight excluding hydrogens is 352 g/mol. The highest BCUT2D eigenvalue weighted by atomic mass is 35.5.